The van der Waals surface area contributed by atoms with Gasteiger partial charge in [0, 0.05) is 18.0 Å². The van der Waals surface area contributed by atoms with Crippen molar-refractivity contribution in [3.63, 3.8) is 0 Å². The third-order valence-corrected chi connectivity index (χ3v) is 5.73. The van der Waals surface area contributed by atoms with Crippen molar-refractivity contribution in [3.8, 4) is 0 Å². The number of carbonyl (C=O) groups is 2. The first kappa shape index (κ1) is 20.4. The summed E-state index contributed by atoms with van der Waals surface area (Å²) in [4.78, 5) is 28.4. The Morgan fingerprint density at radius 3 is 2.71 bits per heavy atom. The number of benzene rings is 1. The fraction of sp³-hybridized carbons (Fsp3) is 0.450. The van der Waals surface area contributed by atoms with Gasteiger partial charge in [0.15, 0.2) is 5.16 Å². The van der Waals surface area contributed by atoms with Crippen LogP contribution in [0.3, 0.4) is 0 Å². The molecule has 3 rings (SSSR count). The summed E-state index contributed by atoms with van der Waals surface area (Å²) in [5.74, 6) is -0.282. The Morgan fingerprint density at radius 2 is 2.07 bits per heavy atom. The van der Waals surface area contributed by atoms with Crippen LogP contribution in [0.4, 0.5) is 5.69 Å². The number of rotatable bonds is 7. The van der Waals surface area contributed by atoms with Gasteiger partial charge < -0.3 is 19.4 Å². The standard InChI is InChI=1S/C20H25N3O4S/c1-13-14(2)23(11-17-5-4-10-27-17)20(21-13)28-12-18(24)22-16-8-6-15(7-9-16)19(25)26-3/h6-9,17H,4-5,10-12H2,1-3H3,(H,22,24). The van der Waals surface area contributed by atoms with Gasteiger partial charge in [0.25, 0.3) is 0 Å². The highest BCUT2D eigenvalue weighted by atomic mass is 32.2. The van der Waals surface area contributed by atoms with Crippen LogP contribution in [0.5, 0.6) is 0 Å². The van der Waals surface area contributed by atoms with Crippen molar-refractivity contribution in [2.75, 3.05) is 24.8 Å². The lowest BCUT2D eigenvalue weighted by atomic mass is 10.2. The zero-order valence-electron chi connectivity index (χ0n) is 16.4. The van der Waals surface area contributed by atoms with Crippen molar-refractivity contribution >= 4 is 29.3 Å². The number of nitrogens with zero attached hydrogens (tertiary/aromatic N) is 2. The average molecular weight is 404 g/mol. The summed E-state index contributed by atoms with van der Waals surface area (Å²) in [6.07, 6.45) is 2.37. The van der Waals surface area contributed by atoms with Crippen LogP contribution >= 0.6 is 11.8 Å². The molecule has 1 atom stereocenters. The summed E-state index contributed by atoms with van der Waals surface area (Å²) in [6.45, 7) is 5.61. The summed E-state index contributed by atoms with van der Waals surface area (Å²) in [5.41, 5.74) is 3.15. The Kier molecular flexibility index (Phi) is 6.74. The zero-order valence-corrected chi connectivity index (χ0v) is 17.2. The van der Waals surface area contributed by atoms with E-state index in [2.05, 4.69) is 19.6 Å². The van der Waals surface area contributed by atoms with E-state index in [9.17, 15) is 9.59 Å². The molecule has 1 aliphatic heterocycles. The van der Waals surface area contributed by atoms with Crippen molar-refractivity contribution in [3.05, 3.63) is 41.2 Å². The molecule has 0 radical (unpaired) electrons. The molecule has 1 N–H and O–H groups in total. The summed E-state index contributed by atoms with van der Waals surface area (Å²) in [6, 6.07) is 6.61. The summed E-state index contributed by atoms with van der Waals surface area (Å²) in [7, 11) is 1.33. The Balaban J connectivity index is 1.58. The van der Waals surface area contributed by atoms with Gasteiger partial charge in [0.1, 0.15) is 0 Å². The molecule has 1 aromatic carbocycles. The number of esters is 1. The van der Waals surface area contributed by atoms with E-state index in [1.807, 2.05) is 13.8 Å². The maximum Gasteiger partial charge on any atom is 0.337 e. The van der Waals surface area contributed by atoms with Crippen molar-refractivity contribution in [1.29, 1.82) is 0 Å². The number of aromatic nitrogens is 2. The van der Waals surface area contributed by atoms with Crippen LogP contribution in [0.25, 0.3) is 0 Å². The minimum atomic E-state index is -0.405. The number of thioether (sulfide) groups is 1. The second-order valence-corrected chi connectivity index (χ2v) is 7.66. The molecule has 0 aliphatic carbocycles. The Labute approximate surface area is 168 Å². The van der Waals surface area contributed by atoms with Crippen molar-refractivity contribution in [2.45, 2.75) is 44.5 Å². The van der Waals surface area contributed by atoms with Gasteiger partial charge >= 0.3 is 5.97 Å². The molecule has 0 spiro atoms. The monoisotopic (exact) mass is 403 g/mol. The highest BCUT2D eigenvalue weighted by Crippen LogP contribution is 2.24. The first-order valence-corrected chi connectivity index (χ1v) is 10.2. The molecule has 1 saturated heterocycles. The zero-order chi connectivity index (χ0) is 20.1. The first-order valence-electron chi connectivity index (χ1n) is 9.24. The number of hydrogen-bond acceptors (Lipinski definition) is 6. The molecule has 1 aliphatic rings. The lowest BCUT2D eigenvalue weighted by molar-refractivity contribution is -0.113. The summed E-state index contributed by atoms with van der Waals surface area (Å²) >= 11 is 1.41. The van der Waals surface area contributed by atoms with Gasteiger partial charge in [-0.25, -0.2) is 9.78 Å². The molecular formula is C20H25N3O4S. The SMILES string of the molecule is COC(=O)c1ccc(NC(=O)CSc2nc(C)c(C)n2CC2CCCO2)cc1. The molecule has 150 valence electrons. The minimum absolute atomic E-state index is 0.127. The molecule has 1 unspecified atom stereocenters. The van der Waals surface area contributed by atoms with E-state index < -0.39 is 5.97 Å². The van der Waals surface area contributed by atoms with Gasteiger partial charge in [-0.2, -0.15) is 0 Å². The molecule has 0 bridgehead atoms. The lowest BCUT2D eigenvalue weighted by Crippen LogP contribution is -2.18. The molecule has 28 heavy (non-hydrogen) atoms. The third kappa shape index (κ3) is 4.94. The van der Waals surface area contributed by atoms with E-state index in [4.69, 9.17) is 4.74 Å². The first-order chi connectivity index (χ1) is 13.5. The van der Waals surface area contributed by atoms with Crippen molar-refractivity contribution < 1.29 is 19.1 Å². The number of carbonyl (C=O) groups excluding carboxylic acids is 2. The predicted octanol–water partition coefficient (Wildman–Crippen LogP) is 3.20. The van der Waals surface area contributed by atoms with Crippen LogP contribution in [0.2, 0.25) is 0 Å². The molecule has 1 aromatic heterocycles. The predicted molar refractivity (Wildman–Crippen MR) is 108 cm³/mol. The van der Waals surface area contributed by atoms with Gasteiger partial charge in [-0.1, -0.05) is 11.8 Å². The fourth-order valence-corrected chi connectivity index (χ4v) is 3.98. The smallest absolute Gasteiger partial charge is 0.337 e. The maximum atomic E-state index is 12.3. The highest BCUT2D eigenvalue weighted by Gasteiger charge is 2.20. The molecule has 2 aromatic rings. The Hall–Kier alpha value is -2.32. The van der Waals surface area contributed by atoms with E-state index in [0.29, 0.717) is 11.3 Å². The molecule has 0 saturated carbocycles. The average Bonchev–Trinajstić information content (AvgIpc) is 3.30. The molecule has 2 heterocycles. The van der Waals surface area contributed by atoms with Gasteiger partial charge in [-0.05, 0) is 51.0 Å². The van der Waals surface area contributed by atoms with E-state index in [-0.39, 0.29) is 17.8 Å². The van der Waals surface area contributed by atoms with Gasteiger partial charge in [-0.15, -0.1) is 0 Å². The quantitative estimate of drug-likeness (QED) is 0.565. The second-order valence-electron chi connectivity index (χ2n) is 6.72. The molecule has 1 fully saturated rings. The highest BCUT2D eigenvalue weighted by molar-refractivity contribution is 7.99. The number of hydrogen-bond donors (Lipinski definition) is 1. The fourth-order valence-electron chi connectivity index (χ4n) is 3.08. The number of imidazole rings is 1. The topological polar surface area (TPSA) is 82.5 Å². The minimum Gasteiger partial charge on any atom is -0.465 e. The van der Waals surface area contributed by atoms with Crippen LogP contribution in [-0.2, 0) is 20.8 Å². The Bertz CT molecular complexity index is 842. The molecule has 8 heteroatoms. The number of amides is 1. The molecule has 1 amide bonds. The van der Waals surface area contributed by atoms with Gasteiger partial charge in [0.2, 0.25) is 5.91 Å². The maximum absolute atomic E-state index is 12.3. The second kappa shape index (κ2) is 9.25. The Morgan fingerprint density at radius 1 is 1.32 bits per heavy atom. The van der Waals surface area contributed by atoms with Crippen LogP contribution < -0.4 is 5.32 Å². The van der Waals surface area contributed by atoms with E-state index >= 15 is 0 Å². The van der Waals surface area contributed by atoms with Crippen molar-refractivity contribution in [2.24, 2.45) is 0 Å². The van der Waals surface area contributed by atoms with E-state index in [0.717, 1.165) is 42.5 Å². The number of methoxy groups -OCH3 is 1. The number of ether oxygens (including phenoxy) is 2. The molecule has 7 nitrogen and oxygen atoms in total. The van der Waals surface area contributed by atoms with Crippen LogP contribution in [-0.4, -0.2) is 47.0 Å². The third-order valence-electron chi connectivity index (χ3n) is 4.76. The van der Waals surface area contributed by atoms with Crippen LogP contribution in [0.15, 0.2) is 29.4 Å². The molecular weight excluding hydrogens is 378 g/mol. The normalized spacial score (nSPS) is 16.2. The van der Waals surface area contributed by atoms with Crippen molar-refractivity contribution in [1.82, 2.24) is 9.55 Å². The summed E-state index contributed by atoms with van der Waals surface area (Å²) < 4.78 is 12.6. The lowest BCUT2D eigenvalue weighted by Gasteiger charge is -2.14. The van der Waals surface area contributed by atoms with Gasteiger partial charge in [-0.3, -0.25) is 4.79 Å². The van der Waals surface area contributed by atoms with E-state index in [1.165, 1.54) is 18.9 Å². The van der Waals surface area contributed by atoms with Crippen LogP contribution in [0.1, 0.15) is 34.6 Å². The largest absolute Gasteiger partial charge is 0.465 e. The van der Waals surface area contributed by atoms with E-state index in [1.54, 1.807) is 24.3 Å². The number of aryl methyl sites for hydroxylation is 1. The summed E-state index contributed by atoms with van der Waals surface area (Å²) in [5, 5.41) is 3.67. The van der Waals surface area contributed by atoms with Crippen LogP contribution in [0, 0.1) is 13.8 Å². The van der Waals surface area contributed by atoms with Gasteiger partial charge in [0.05, 0.1) is 36.8 Å². The number of anilines is 1. The number of nitrogens with one attached hydrogen (secondary N) is 1.